The van der Waals surface area contributed by atoms with E-state index in [0.29, 0.717) is 6.04 Å². The molecule has 0 saturated carbocycles. The largest absolute Gasteiger partial charge is 0.396 e. The van der Waals surface area contributed by atoms with Crippen LogP contribution in [0.5, 0.6) is 0 Å². The Labute approximate surface area is 97.9 Å². The number of hydrogen-bond donors (Lipinski definition) is 1. The minimum absolute atomic E-state index is 0.225. The Bertz CT molecular complexity index is 373. The first-order chi connectivity index (χ1) is 7.65. The van der Waals surface area contributed by atoms with Crippen LogP contribution in [0.3, 0.4) is 0 Å². The van der Waals surface area contributed by atoms with Gasteiger partial charge in [-0.05, 0) is 31.4 Å². The highest BCUT2D eigenvalue weighted by molar-refractivity contribution is 5.64. The normalized spacial score (nSPS) is 16.7. The van der Waals surface area contributed by atoms with Gasteiger partial charge in [-0.3, -0.25) is 0 Å². The predicted octanol–water partition coefficient (Wildman–Crippen LogP) is 2.55. The Morgan fingerprint density at radius 2 is 2.06 bits per heavy atom. The molecule has 1 aliphatic rings. The van der Waals surface area contributed by atoms with E-state index in [4.69, 9.17) is 0 Å². The lowest BCUT2D eigenvalue weighted by molar-refractivity contribution is 0.273. The molecule has 1 aromatic carbocycles. The van der Waals surface area contributed by atoms with Crippen LogP contribution in [0.2, 0.25) is 0 Å². The van der Waals surface area contributed by atoms with Crippen molar-refractivity contribution in [2.24, 2.45) is 0 Å². The second-order valence-electron chi connectivity index (χ2n) is 4.98. The first-order valence-corrected chi connectivity index (χ1v) is 6.14. The molecule has 2 heteroatoms. The van der Waals surface area contributed by atoms with Crippen LogP contribution >= 0.6 is 0 Å². The zero-order chi connectivity index (χ0) is 11.7. The molecule has 88 valence electrons. The lowest BCUT2D eigenvalue weighted by Gasteiger charge is -2.27. The van der Waals surface area contributed by atoms with E-state index in [0.717, 1.165) is 13.0 Å². The summed E-state index contributed by atoms with van der Waals surface area (Å²) in [4.78, 5) is 2.46. The van der Waals surface area contributed by atoms with Crippen molar-refractivity contribution in [3.05, 3.63) is 29.3 Å². The van der Waals surface area contributed by atoms with E-state index in [2.05, 4.69) is 43.9 Å². The van der Waals surface area contributed by atoms with E-state index in [-0.39, 0.29) is 12.5 Å². The average molecular weight is 219 g/mol. The molecule has 0 spiro atoms. The number of aliphatic hydroxyl groups is 1. The van der Waals surface area contributed by atoms with Gasteiger partial charge in [0.2, 0.25) is 0 Å². The highest BCUT2D eigenvalue weighted by Gasteiger charge is 2.25. The molecule has 0 bridgehead atoms. The highest BCUT2D eigenvalue weighted by atomic mass is 16.3. The van der Waals surface area contributed by atoms with Gasteiger partial charge in [-0.15, -0.1) is 0 Å². The number of rotatable bonds is 3. The van der Waals surface area contributed by atoms with Crippen LogP contribution in [0.15, 0.2) is 18.2 Å². The van der Waals surface area contributed by atoms with Crippen molar-refractivity contribution in [1.29, 1.82) is 0 Å². The Balaban J connectivity index is 2.45. The van der Waals surface area contributed by atoms with Crippen molar-refractivity contribution in [2.45, 2.75) is 39.2 Å². The molecule has 2 rings (SSSR count). The fourth-order valence-corrected chi connectivity index (χ4v) is 2.53. The molecule has 0 amide bonds. The van der Waals surface area contributed by atoms with E-state index in [1.807, 2.05) is 0 Å². The van der Waals surface area contributed by atoms with Crippen LogP contribution in [-0.2, 0) is 6.42 Å². The fraction of sp³-hybridized carbons (Fsp3) is 0.571. The van der Waals surface area contributed by atoms with Gasteiger partial charge in [0.15, 0.2) is 0 Å². The third kappa shape index (κ3) is 1.82. The quantitative estimate of drug-likeness (QED) is 0.844. The Morgan fingerprint density at radius 1 is 1.31 bits per heavy atom. The number of aliphatic hydroxyl groups excluding tert-OH is 1. The monoisotopic (exact) mass is 219 g/mol. The van der Waals surface area contributed by atoms with Gasteiger partial charge in [0, 0.05) is 30.8 Å². The fourth-order valence-electron chi connectivity index (χ4n) is 2.53. The van der Waals surface area contributed by atoms with E-state index in [1.165, 1.54) is 16.8 Å². The van der Waals surface area contributed by atoms with Crippen LogP contribution in [0, 0.1) is 0 Å². The lowest BCUT2D eigenvalue weighted by atomic mass is 9.97. The molecule has 1 aliphatic heterocycles. The first-order valence-electron chi connectivity index (χ1n) is 6.14. The Morgan fingerprint density at radius 3 is 2.69 bits per heavy atom. The standard InChI is InChI=1S/C14H21NO/c1-10(2)15-8-7-12-5-4-6-13(14(12)15)11(3)9-16/h4-6,10-11,16H,7-9H2,1-3H3. The van der Waals surface area contributed by atoms with Crippen molar-refractivity contribution < 1.29 is 5.11 Å². The maximum Gasteiger partial charge on any atom is 0.0497 e. The number of nitrogens with zero attached hydrogens (tertiary/aromatic N) is 1. The molecule has 0 aliphatic carbocycles. The number of para-hydroxylation sites is 1. The molecule has 1 N–H and O–H groups in total. The second-order valence-corrected chi connectivity index (χ2v) is 4.98. The maximum absolute atomic E-state index is 9.33. The van der Waals surface area contributed by atoms with Crippen molar-refractivity contribution in [3.8, 4) is 0 Å². The van der Waals surface area contributed by atoms with E-state index < -0.39 is 0 Å². The molecule has 1 aromatic rings. The third-order valence-corrected chi connectivity index (χ3v) is 3.49. The zero-order valence-electron chi connectivity index (χ0n) is 10.4. The summed E-state index contributed by atoms with van der Waals surface area (Å²) in [7, 11) is 0. The summed E-state index contributed by atoms with van der Waals surface area (Å²) in [5, 5.41) is 9.33. The molecule has 0 fully saturated rings. The predicted molar refractivity (Wildman–Crippen MR) is 68.1 cm³/mol. The smallest absolute Gasteiger partial charge is 0.0497 e. The van der Waals surface area contributed by atoms with E-state index in [1.54, 1.807) is 0 Å². The van der Waals surface area contributed by atoms with Gasteiger partial charge < -0.3 is 10.0 Å². The van der Waals surface area contributed by atoms with Gasteiger partial charge in [-0.1, -0.05) is 25.1 Å². The van der Waals surface area contributed by atoms with Crippen molar-refractivity contribution >= 4 is 5.69 Å². The number of hydrogen-bond acceptors (Lipinski definition) is 2. The van der Waals surface area contributed by atoms with Gasteiger partial charge in [-0.2, -0.15) is 0 Å². The van der Waals surface area contributed by atoms with Gasteiger partial charge in [0.1, 0.15) is 0 Å². The van der Waals surface area contributed by atoms with Gasteiger partial charge in [0.25, 0.3) is 0 Å². The van der Waals surface area contributed by atoms with Crippen LogP contribution in [0.4, 0.5) is 5.69 Å². The molecular weight excluding hydrogens is 198 g/mol. The van der Waals surface area contributed by atoms with Crippen LogP contribution < -0.4 is 4.90 Å². The first kappa shape index (κ1) is 11.5. The SMILES string of the molecule is CC(CO)c1cccc2c1N(C(C)C)CC2. The van der Waals surface area contributed by atoms with Gasteiger partial charge in [-0.25, -0.2) is 0 Å². The lowest BCUT2D eigenvalue weighted by Crippen LogP contribution is -2.29. The Hall–Kier alpha value is -1.02. The molecule has 1 heterocycles. The molecule has 0 saturated heterocycles. The van der Waals surface area contributed by atoms with Crippen LogP contribution in [-0.4, -0.2) is 24.3 Å². The van der Waals surface area contributed by atoms with Crippen LogP contribution in [0.25, 0.3) is 0 Å². The Kier molecular flexibility index (Phi) is 3.20. The topological polar surface area (TPSA) is 23.5 Å². The average Bonchev–Trinajstić information content (AvgIpc) is 2.71. The summed E-state index contributed by atoms with van der Waals surface area (Å²) >= 11 is 0. The molecule has 1 atom stereocenters. The zero-order valence-corrected chi connectivity index (χ0v) is 10.4. The number of benzene rings is 1. The molecule has 1 unspecified atom stereocenters. The van der Waals surface area contributed by atoms with E-state index in [9.17, 15) is 5.11 Å². The molecular formula is C14H21NO. The summed E-state index contributed by atoms with van der Waals surface area (Å²) in [6.45, 7) is 7.89. The van der Waals surface area contributed by atoms with Gasteiger partial charge in [0.05, 0.1) is 0 Å². The molecule has 0 aromatic heterocycles. The van der Waals surface area contributed by atoms with E-state index >= 15 is 0 Å². The van der Waals surface area contributed by atoms with Crippen LogP contribution in [0.1, 0.15) is 37.8 Å². The molecule has 2 nitrogen and oxygen atoms in total. The second kappa shape index (κ2) is 4.46. The van der Waals surface area contributed by atoms with Gasteiger partial charge >= 0.3 is 0 Å². The minimum atomic E-state index is 0.225. The summed E-state index contributed by atoms with van der Waals surface area (Å²) in [6.07, 6.45) is 1.14. The number of anilines is 1. The summed E-state index contributed by atoms with van der Waals surface area (Å²) in [5.41, 5.74) is 4.11. The summed E-state index contributed by atoms with van der Waals surface area (Å²) in [6, 6.07) is 7.02. The molecule has 0 radical (unpaired) electrons. The summed E-state index contributed by atoms with van der Waals surface area (Å²) in [5.74, 6) is 0.231. The highest BCUT2D eigenvalue weighted by Crippen LogP contribution is 2.36. The number of fused-ring (bicyclic) bond motifs is 1. The molecule has 16 heavy (non-hydrogen) atoms. The third-order valence-electron chi connectivity index (χ3n) is 3.49. The minimum Gasteiger partial charge on any atom is -0.396 e. The van der Waals surface area contributed by atoms with Crippen molar-refractivity contribution in [2.75, 3.05) is 18.1 Å². The van der Waals surface area contributed by atoms with Crippen molar-refractivity contribution in [1.82, 2.24) is 0 Å². The maximum atomic E-state index is 9.33. The van der Waals surface area contributed by atoms with Crippen molar-refractivity contribution in [3.63, 3.8) is 0 Å². The summed E-state index contributed by atoms with van der Waals surface area (Å²) < 4.78 is 0.